The summed E-state index contributed by atoms with van der Waals surface area (Å²) in [7, 11) is 1.53. The molecule has 5 heteroatoms. The molecule has 1 aromatic carbocycles. The number of amides is 1. The Morgan fingerprint density at radius 2 is 2.20 bits per heavy atom. The predicted octanol–water partition coefficient (Wildman–Crippen LogP) is 2.91. The molecule has 0 radical (unpaired) electrons. The maximum atomic E-state index is 11.3. The van der Waals surface area contributed by atoms with E-state index >= 15 is 0 Å². The van der Waals surface area contributed by atoms with E-state index in [0.717, 1.165) is 0 Å². The highest BCUT2D eigenvalue weighted by atomic mass is 35.5. The minimum Gasteiger partial charge on any atom is -0.495 e. The lowest BCUT2D eigenvalue weighted by molar-refractivity contribution is -0.115. The zero-order chi connectivity index (χ0) is 11.4. The highest BCUT2D eigenvalue weighted by Crippen LogP contribution is 2.27. The number of hydrogen-bond donors (Lipinski definition) is 1. The molecular formula is C10H11Cl2NO2. The van der Waals surface area contributed by atoms with Crippen LogP contribution in [0.5, 0.6) is 5.75 Å². The molecule has 0 bridgehead atoms. The van der Waals surface area contributed by atoms with Gasteiger partial charge in [0.1, 0.15) is 11.1 Å². The van der Waals surface area contributed by atoms with E-state index in [1.807, 2.05) is 0 Å². The first-order valence-electron chi connectivity index (χ1n) is 4.33. The number of carbonyl (C=O) groups excluding carboxylic acids is 1. The molecule has 3 nitrogen and oxygen atoms in total. The van der Waals surface area contributed by atoms with E-state index in [4.69, 9.17) is 27.9 Å². The maximum absolute atomic E-state index is 11.3. The first-order chi connectivity index (χ1) is 7.04. The molecule has 0 aliphatic rings. The average molecular weight is 248 g/mol. The van der Waals surface area contributed by atoms with Crippen LogP contribution in [0.25, 0.3) is 0 Å². The van der Waals surface area contributed by atoms with Crippen LogP contribution in [-0.4, -0.2) is 18.4 Å². The smallest absolute Gasteiger partial charge is 0.242 e. The fourth-order valence-electron chi connectivity index (χ4n) is 0.986. The van der Waals surface area contributed by atoms with E-state index < -0.39 is 5.38 Å². The van der Waals surface area contributed by atoms with Crippen molar-refractivity contribution in [1.29, 1.82) is 0 Å². The Balaban J connectivity index is 2.80. The number of nitrogens with one attached hydrogen (secondary N) is 1. The molecular weight excluding hydrogens is 237 g/mol. The molecule has 0 fully saturated rings. The second kappa shape index (κ2) is 5.24. The van der Waals surface area contributed by atoms with Gasteiger partial charge in [-0.2, -0.15) is 0 Å². The van der Waals surface area contributed by atoms with Gasteiger partial charge < -0.3 is 10.1 Å². The zero-order valence-corrected chi connectivity index (χ0v) is 9.89. The number of anilines is 1. The number of ether oxygens (including phenoxy) is 1. The Hall–Kier alpha value is -0.930. The molecule has 1 N–H and O–H groups in total. The number of halogens is 2. The summed E-state index contributed by atoms with van der Waals surface area (Å²) in [6, 6.07) is 4.98. The highest BCUT2D eigenvalue weighted by Gasteiger charge is 2.10. The number of hydrogen-bond acceptors (Lipinski definition) is 2. The normalized spacial score (nSPS) is 12.0. The fraction of sp³-hybridized carbons (Fsp3) is 0.300. The van der Waals surface area contributed by atoms with Gasteiger partial charge in [-0.3, -0.25) is 4.79 Å². The second-order valence-electron chi connectivity index (χ2n) is 2.95. The van der Waals surface area contributed by atoms with Crippen molar-refractivity contribution >= 4 is 34.8 Å². The molecule has 0 saturated carbocycles. The monoisotopic (exact) mass is 247 g/mol. The van der Waals surface area contributed by atoms with E-state index in [-0.39, 0.29) is 5.91 Å². The van der Waals surface area contributed by atoms with Crippen LogP contribution in [0.15, 0.2) is 18.2 Å². The number of methoxy groups -OCH3 is 1. The average Bonchev–Trinajstić information content (AvgIpc) is 2.18. The van der Waals surface area contributed by atoms with Crippen molar-refractivity contribution < 1.29 is 9.53 Å². The molecule has 0 unspecified atom stereocenters. The molecule has 0 aliphatic heterocycles. The van der Waals surface area contributed by atoms with Gasteiger partial charge in [0.25, 0.3) is 0 Å². The van der Waals surface area contributed by atoms with Crippen LogP contribution in [0.3, 0.4) is 0 Å². The highest BCUT2D eigenvalue weighted by molar-refractivity contribution is 6.33. The van der Waals surface area contributed by atoms with Crippen molar-refractivity contribution in [3.05, 3.63) is 23.2 Å². The Morgan fingerprint density at radius 3 is 2.67 bits per heavy atom. The van der Waals surface area contributed by atoms with Crippen LogP contribution < -0.4 is 10.1 Å². The third-order valence-corrected chi connectivity index (χ3v) is 2.27. The maximum Gasteiger partial charge on any atom is 0.242 e. The third-order valence-electron chi connectivity index (χ3n) is 1.78. The standard InChI is InChI=1S/C10H11Cl2NO2/c1-6(11)10(14)13-7-3-4-9(15-2)8(12)5-7/h3-6H,1-2H3,(H,13,14)/t6-/m1/s1. The lowest BCUT2D eigenvalue weighted by Gasteiger charge is -2.08. The van der Waals surface area contributed by atoms with Gasteiger partial charge in [-0.15, -0.1) is 11.6 Å². The predicted molar refractivity (Wildman–Crippen MR) is 61.9 cm³/mol. The summed E-state index contributed by atoms with van der Waals surface area (Å²) in [5.41, 5.74) is 0.596. The van der Waals surface area contributed by atoms with E-state index in [1.54, 1.807) is 25.1 Å². The van der Waals surface area contributed by atoms with Gasteiger partial charge in [-0.25, -0.2) is 0 Å². The van der Waals surface area contributed by atoms with Crippen molar-refractivity contribution in [3.8, 4) is 5.75 Å². The summed E-state index contributed by atoms with van der Waals surface area (Å²) in [5, 5.41) is 2.49. The SMILES string of the molecule is COc1ccc(NC(=O)[C@@H](C)Cl)cc1Cl. The minimum absolute atomic E-state index is 0.266. The van der Waals surface area contributed by atoms with Gasteiger partial charge >= 0.3 is 0 Å². The van der Waals surface area contributed by atoms with Crippen LogP contribution in [0.1, 0.15) is 6.92 Å². The van der Waals surface area contributed by atoms with E-state index in [2.05, 4.69) is 5.32 Å². The second-order valence-corrected chi connectivity index (χ2v) is 4.02. The van der Waals surface area contributed by atoms with Gasteiger partial charge in [0.2, 0.25) is 5.91 Å². The van der Waals surface area contributed by atoms with Crippen molar-refractivity contribution in [2.24, 2.45) is 0 Å². The van der Waals surface area contributed by atoms with Crippen LogP contribution in [-0.2, 0) is 4.79 Å². The first-order valence-corrected chi connectivity index (χ1v) is 5.14. The molecule has 15 heavy (non-hydrogen) atoms. The number of alkyl halides is 1. The summed E-state index contributed by atoms with van der Waals surface area (Å²) in [4.78, 5) is 11.3. The Bertz CT molecular complexity index is 366. The molecule has 0 aliphatic carbocycles. The van der Waals surface area contributed by atoms with Gasteiger partial charge in [0.15, 0.2) is 0 Å². The first kappa shape index (κ1) is 12.1. The van der Waals surface area contributed by atoms with Crippen molar-refractivity contribution in [1.82, 2.24) is 0 Å². The molecule has 1 aromatic rings. The van der Waals surface area contributed by atoms with E-state index in [1.165, 1.54) is 7.11 Å². The van der Waals surface area contributed by atoms with Crippen LogP contribution in [0.2, 0.25) is 5.02 Å². The Kier molecular flexibility index (Phi) is 4.24. The molecule has 0 heterocycles. The molecule has 0 aromatic heterocycles. The number of carbonyl (C=O) groups is 1. The van der Waals surface area contributed by atoms with Crippen LogP contribution in [0, 0.1) is 0 Å². The van der Waals surface area contributed by atoms with Gasteiger partial charge in [-0.1, -0.05) is 11.6 Å². The van der Waals surface area contributed by atoms with Crippen LogP contribution in [0.4, 0.5) is 5.69 Å². The van der Waals surface area contributed by atoms with Gasteiger partial charge in [0, 0.05) is 5.69 Å². The largest absolute Gasteiger partial charge is 0.495 e. The Morgan fingerprint density at radius 1 is 1.53 bits per heavy atom. The summed E-state index contributed by atoms with van der Waals surface area (Å²) in [6.07, 6.45) is 0. The van der Waals surface area contributed by atoms with E-state index in [0.29, 0.717) is 16.5 Å². The number of benzene rings is 1. The lowest BCUT2D eigenvalue weighted by Crippen LogP contribution is -2.20. The lowest BCUT2D eigenvalue weighted by atomic mass is 10.3. The molecule has 1 rings (SSSR count). The molecule has 1 atom stereocenters. The number of rotatable bonds is 3. The summed E-state index contributed by atoms with van der Waals surface area (Å²) in [5.74, 6) is 0.298. The van der Waals surface area contributed by atoms with Crippen LogP contribution >= 0.6 is 23.2 Å². The summed E-state index contributed by atoms with van der Waals surface area (Å²) >= 11 is 11.5. The fourth-order valence-corrected chi connectivity index (χ4v) is 1.30. The molecule has 0 saturated heterocycles. The minimum atomic E-state index is -0.578. The summed E-state index contributed by atoms with van der Waals surface area (Å²) < 4.78 is 4.98. The molecule has 1 amide bonds. The quantitative estimate of drug-likeness (QED) is 0.835. The Labute approximate surface area is 98.3 Å². The summed E-state index contributed by atoms with van der Waals surface area (Å²) in [6.45, 7) is 1.60. The van der Waals surface area contributed by atoms with E-state index in [9.17, 15) is 4.79 Å². The van der Waals surface area contributed by atoms with Crippen molar-refractivity contribution in [2.45, 2.75) is 12.3 Å². The van der Waals surface area contributed by atoms with Gasteiger partial charge in [-0.05, 0) is 25.1 Å². The topological polar surface area (TPSA) is 38.3 Å². The third kappa shape index (κ3) is 3.29. The van der Waals surface area contributed by atoms with Crippen molar-refractivity contribution in [2.75, 3.05) is 12.4 Å². The van der Waals surface area contributed by atoms with Crippen molar-refractivity contribution in [3.63, 3.8) is 0 Å². The molecule has 82 valence electrons. The van der Waals surface area contributed by atoms with Gasteiger partial charge in [0.05, 0.1) is 12.1 Å². The molecule has 0 spiro atoms. The zero-order valence-electron chi connectivity index (χ0n) is 8.38.